The highest BCUT2D eigenvalue weighted by atomic mass is 16.6. The highest BCUT2D eigenvalue weighted by Crippen LogP contribution is 2.35. The third-order valence-electron chi connectivity index (χ3n) is 3.31. The molecule has 2 unspecified atom stereocenters. The lowest BCUT2D eigenvalue weighted by Gasteiger charge is -2.30. The SMILES string of the molecule is COC(=O)C1(NC(=O)OC(C)(C)C)CCC(OC(C)(C)C)C1. The summed E-state index contributed by atoms with van der Waals surface area (Å²) in [5, 5.41) is 2.70. The molecular formula is C16H29NO5. The smallest absolute Gasteiger partial charge is 0.408 e. The number of esters is 1. The van der Waals surface area contributed by atoms with Crippen LogP contribution in [0.1, 0.15) is 60.8 Å². The molecule has 0 aromatic carbocycles. The predicted octanol–water partition coefficient (Wildman–Crippen LogP) is 2.79. The monoisotopic (exact) mass is 315 g/mol. The number of nitrogens with one attached hydrogen (secondary N) is 1. The van der Waals surface area contributed by atoms with E-state index in [1.807, 2.05) is 20.8 Å². The molecule has 0 aromatic rings. The molecule has 0 spiro atoms. The molecule has 1 fully saturated rings. The van der Waals surface area contributed by atoms with Gasteiger partial charge in [-0.1, -0.05) is 0 Å². The molecule has 1 rings (SSSR count). The minimum Gasteiger partial charge on any atom is -0.467 e. The zero-order valence-corrected chi connectivity index (χ0v) is 14.7. The molecule has 128 valence electrons. The van der Waals surface area contributed by atoms with Gasteiger partial charge in [-0.15, -0.1) is 0 Å². The zero-order valence-electron chi connectivity index (χ0n) is 14.7. The van der Waals surface area contributed by atoms with Crippen LogP contribution in [0, 0.1) is 0 Å². The van der Waals surface area contributed by atoms with E-state index in [9.17, 15) is 9.59 Å². The molecule has 0 bridgehead atoms. The number of ether oxygens (including phenoxy) is 3. The normalized spacial score (nSPS) is 25.7. The van der Waals surface area contributed by atoms with E-state index in [4.69, 9.17) is 14.2 Å². The molecule has 6 heteroatoms. The maximum Gasteiger partial charge on any atom is 0.408 e. The number of amides is 1. The van der Waals surface area contributed by atoms with Crippen molar-refractivity contribution in [1.29, 1.82) is 0 Å². The molecule has 0 radical (unpaired) electrons. The zero-order chi connectivity index (χ0) is 17.2. The first kappa shape index (κ1) is 18.7. The van der Waals surface area contributed by atoms with Crippen LogP contribution in [0.4, 0.5) is 4.79 Å². The Morgan fingerprint density at radius 3 is 2.14 bits per heavy atom. The van der Waals surface area contributed by atoms with Crippen molar-refractivity contribution < 1.29 is 23.8 Å². The van der Waals surface area contributed by atoms with Crippen LogP contribution in [-0.4, -0.2) is 42.0 Å². The molecule has 2 atom stereocenters. The van der Waals surface area contributed by atoms with E-state index < -0.39 is 23.2 Å². The lowest BCUT2D eigenvalue weighted by atomic mass is 9.98. The Labute approximate surface area is 132 Å². The maximum atomic E-state index is 12.2. The fourth-order valence-electron chi connectivity index (χ4n) is 2.65. The Morgan fingerprint density at radius 2 is 1.68 bits per heavy atom. The van der Waals surface area contributed by atoms with Crippen molar-refractivity contribution in [2.75, 3.05) is 7.11 Å². The topological polar surface area (TPSA) is 73.9 Å². The first-order chi connectivity index (χ1) is 9.87. The largest absolute Gasteiger partial charge is 0.467 e. The number of carbonyl (C=O) groups excluding carboxylic acids is 2. The number of carbonyl (C=O) groups is 2. The van der Waals surface area contributed by atoms with Gasteiger partial charge >= 0.3 is 12.1 Å². The quantitative estimate of drug-likeness (QED) is 0.811. The lowest BCUT2D eigenvalue weighted by molar-refractivity contribution is -0.149. The Hall–Kier alpha value is -1.30. The number of alkyl carbamates (subject to hydrolysis) is 1. The van der Waals surface area contributed by atoms with E-state index in [1.54, 1.807) is 20.8 Å². The highest BCUT2D eigenvalue weighted by molar-refractivity contribution is 5.86. The van der Waals surface area contributed by atoms with E-state index in [0.29, 0.717) is 19.3 Å². The molecule has 0 heterocycles. The van der Waals surface area contributed by atoms with Gasteiger partial charge < -0.3 is 19.5 Å². The minimum atomic E-state index is -1.08. The number of hydrogen-bond donors (Lipinski definition) is 1. The molecule has 0 saturated heterocycles. The summed E-state index contributed by atoms with van der Waals surface area (Å²) in [5.74, 6) is -0.460. The van der Waals surface area contributed by atoms with Crippen LogP contribution in [0.15, 0.2) is 0 Å². The predicted molar refractivity (Wildman–Crippen MR) is 82.6 cm³/mol. The van der Waals surface area contributed by atoms with Crippen molar-refractivity contribution in [3.8, 4) is 0 Å². The standard InChI is InChI=1S/C16H29NO5/c1-14(2,3)21-11-8-9-16(10-11,12(18)20-7)17-13(19)22-15(4,5)6/h11H,8-10H2,1-7H3,(H,17,19). The van der Waals surface area contributed by atoms with Crippen LogP contribution < -0.4 is 5.32 Å². The average Bonchev–Trinajstić information content (AvgIpc) is 2.67. The second kappa shape index (κ2) is 6.44. The van der Waals surface area contributed by atoms with E-state index in [-0.39, 0.29) is 11.7 Å². The van der Waals surface area contributed by atoms with Crippen LogP contribution in [0.2, 0.25) is 0 Å². The van der Waals surface area contributed by atoms with Gasteiger partial charge in [0.25, 0.3) is 0 Å². The minimum absolute atomic E-state index is 0.103. The van der Waals surface area contributed by atoms with Crippen LogP contribution in [0.25, 0.3) is 0 Å². The van der Waals surface area contributed by atoms with Crippen molar-refractivity contribution in [3.63, 3.8) is 0 Å². The maximum absolute atomic E-state index is 12.2. The fourth-order valence-corrected chi connectivity index (χ4v) is 2.65. The summed E-state index contributed by atoms with van der Waals surface area (Å²) in [6.07, 6.45) is 0.821. The molecule has 1 aliphatic rings. The summed E-state index contributed by atoms with van der Waals surface area (Å²) in [6.45, 7) is 11.2. The molecule has 0 aromatic heterocycles. The summed E-state index contributed by atoms with van der Waals surface area (Å²) in [4.78, 5) is 24.3. The van der Waals surface area contributed by atoms with E-state index in [1.165, 1.54) is 7.11 Å². The number of hydrogen-bond acceptors (Lipinski definition) is 5. The van der Waals surface area contributed by atoms with Crippen LogP contribution in [-0.2, 0) is 19.0 Å². The first-order valence-corrected chi connectivity index (χ1v) is 7.64. The summed E-state index contributed by atoms with van der Waals surface area (Å²) >= 11 is 0. The van der Waals surface area contributed by atoms with Crippen molar-refractivity contribution in [1.82, 2.24) is 5.32 Å². The Balaban J connectivity index is 2.81. The van der Waals surface area contributed by atoms with Crippen molar-refractivity contribution in [2.24, 2.45) is 0 Å². The molecule has 1 saturated carbocycles. The summed E-state index contributed by atoms with van der Waals surface area (Å²) in [6, 6.07) is 0. The number of rotatable bonds is 3. The second-order valence-corrected chi connectivity index (χ2v) is 7.80. The Bertz CT molecular complexity index is 421. The van der Waals surface area contributed by atoms with Gasteiger partial charge in [0, 0.05) is 6.42 Å². The van der Waals surface area contributed by atoms with Gasteiger partial charge in [0.05, 0.1) is 18.8 Å². The van der Waals surface area contributed by atoms with Crippen LogP contribution in [0.5, 0.6) is 0 Å². The van der Waals surface area contributed by atoms with Gasteiger partial charge in [-0.2, -0.15) is 0 Å². The second-order valence-electron chi connectivity index (χ2n) is 7.80. The van der Waals surface area contributed by atoms with Gasteiger partial charge in [0.15, 0.2) is 0 Å². The van der Waals surface area contributed by atoms with Gasteiger partial charge in [-0.05, 0) is 54.4 Å². The highest BCUT2D eigenvalue weighted by Gasteiger charge is 2.49. The molecule has 0 aliphatic heterocycles. The van der Waals surface area contributed by atoms with Crippen molar-refractivity contribution in [3.05, 3.63) is 0 Å². The first-order valence-electron chi connectivity index (χ1n) is 7.64. The van der Waals surface area contributed by atoms with Crippen LogP contribution in [0.3, 0.4) is 0 Å². The lowest BCUT2D eigenvalue weighted by Crippen LogP contribution is -2.54. The van der Waals surface area contributed by atoms with Crippen molar-refractivity contribution >= 4 is 12.1 Å². The Kier molecular flexibility index (Phi) is 5.49. The third kappa shape index (κ3) is 5.48. The van der Waals surface area contributed by atoms with Gasteiger partial charge in [0.2, 0.25) is 0 Å². The molecule has 1 N–H and O–H groups in total. The third-order valence-corrected chi connectivity index (χ3v) is 3.31. The van der Waals surface area contributed by atoms with Gasteiger partial charge in [0.1, 0.15) is 11.1 Å². The van der Waals surface area contributed by atoms with E-state index in [0.717, 1.165) is 0 Å². The summed E-state index contributed by atoms with van der Waals surface area (Å²) in [7, 11) is 1.32. The molecule has 22 heavy (non-hydrogen) atoms. The molecule has 1 amide bonds. The van der Waals surface area contributed by atoms with Gasteiger partial charge in [-0.25, -0.2) is 9.59 Å². The number of methoxy groups -OCH3 is 1. The fraction of sp³-hybridized carbons (Fsp3) is 0.875. The molecule has 1 aliphatic carbocycles. The van der Waals surface area contributed by atoms with Crippen molar-refractivity contribution in [2.45, 2.75) is 83.6 Å². The van der Waals surface area contributed by atoms with E-state index in [2.05, 4.69) is 5.32 Å². The Morgan fingerprint density at radius 1 is 1.09 bits per heavy atom. The average molecular weight is 315 g/mol. The van der Waals surface area contributed by atoms with E-state index >= 15 is 0 Å². The molecular weight excluding hydrogens is 286 g/mol. The summed E-state index contributed by atoms with van der Waals surface area (Å²) < 4.78 is 16.1. The summed E-state index contributed by atoms with van der Waals surface area (Å²) in [5.41, 5.74) is -2.00. The molecule has 6 nitrogen and oxygen atoms in total. The van der Waals surface area contributed by atoms with Gasteiger partial charge in [-0.3, -0.25) is 0 Å². The van der Waals surface area contributed by atoms with Crippen LogP contribution >= 0.6 is 0 Å².